The lowest BCUT2D eigenvalue weighted by molar-refractivity contribution is -0.155. The number of hydrazine groups is 1. The van der Waals surface area contributed by atoms with Gasteiger partial charge in [0.1, 0.15) is 18.1 Å². The Hall–Kier alpha value is -4.15. The van der Waals surface area contributed by atoms with Gasteiger partial charge < -0.3 is 34.1 Å². The molecule has 5 heterocycles. The summed E-state index contributed by atoms with van der Waals surface area (Å²) in [5, 5.41) is 5.60. The van der Waals surface area contributed by atoms with Crippen LogP contribution < -0.4 is 10.7 Å². The third-order valence-corrected chi connectivity index (χ3v) is 13.9. The Labute approximate surface area is 473 Å². The number of hydrogen-bond acceptors (Lipinski definition) is 10. The zero-order valence-electron chi connectivity index (χ0n) is 44.7. The topological polar surface area (TPSA) is 159 Å². The van der Waals surface area contributed by atoms with Crippen molar-refractivity contribution in [3.8, 4) is 22.4 Å². The second-order valence-electron chi connectivity index (χ2n) is 20.4. The van der Waals surface area contributed by atoms with Crippen molar-refractivity contribution in [3.05, 3.63) is 89.8 Å². The summed E-state index contributed by atoms with van der Waals surface area (Å²) in [7, 11) is 7.17. The van der Waals surface area contributed by atoms with Gasteiger partial charge in [-0.15, -0.1) is 0 Å². The van der Waals surface area contributed by atoms with E-state index in [1.165, 1.54) is 9.91 Å². The Bertz CT molecular complexity index is 2590. The van der Waals surface area contributed by atoms with Gasteiger partial charge in [-0.1, -0.05) is 64.1 Å². The van der Waals surface area contributed by atoms with Crippen molar-refractivity contribution in [2.75, 3.05) is 61.0 Å². The highest BCUT2D eigenvalue weighted by atomic mass is 32.1. The van der Waals surface area contributed by atoms with Gasteiger partial charge in [-0.3, -0.25) is 34.0 Å². The molecule has 74 heavy (non-hydrogen) atoms. The average Bonchev–Trinajstić information content (AvgIpc) is 3.95. The average molecular weight is 1120 g/mol. The zero-order valence-corrected chi connectivity index (χ0v) is 49.7. The molecular weight excluding hydrogens is 1030 g/mol. The molecule has 4 aromatic rings. The molecule has 7 rings (SSSR count). The fraction of sp³-hybridized carbons (Fsp3) is 0.519. The van der Waals surface area contributed by atoms with Gasteiger partial charge in [0.25, 0.3) is 5.91 Å². The molecule has 0 saturated carbocycles. The van der Waals surface area contributed by atoms with Crippen LogP contribution in [0.2, 0.25) is 0 Å². The van der Waals surface area contributed by atoms with Crippen molar-refractivity contribution in [2.24, 2.45) is 17.3 Å². The number of ether oxygens (including phenoxy) is 2. The summed E-state index contributed by atoms with van der Waals surface area (Å²) < 4.78 is 14.3. The minimum atomic E-state index is -1.05. The number of carbonyl (C=O) groups is 5. The Morgan fingerprint density at radius 3 is 2.35 bits per heavy atom. The minimum Gasteiger partial charge on any atom is -0.464 e. The summed E-state index contributed by atoms with van der Waals surface area (Å²) in [6.07, 6.45) is 7.14. The molecule has 4 amide bonds. The van der Waals surface area contributed by atoms with Crippen molar-refractivity contribution < 1.29 is 33.4 Å². The van der Waals surface area contributed by atoms with Crippen LogP contribution in [0.15, 0.2) is 72.9 Å². The van der Waals surface area contributed by atoms with Crippen molar-refractivity contribution in [3.63, 3.8) is 0 Å². The lowest BCUT2D eigenvalue weighted by atomic mass is 9.84. The SMILES string of the molecule is CCn1c(-c2cccnc2[C@H](C)OC)c2c3cc(ccc31)-c1cccc(c1)C[C@H](NC(=O)[C@H](C(C)C)N(C)C(=O)[C@H]1CCN(C(=O)/C=C/CN(C)C)C1)C(=O)N1CCC[C@H](N1)C(=O)OCC(C)(C)C2.S.S.S.S.S. The molecule has 410 valence electrons. The van der Waals surface area contributed by atoms with E-state index in [0.29, 0.717) is 51.9 Å². The summed E-state index contributed by atoms with van der Waals surface area (Å²) in [5.41, 5.74) is 10.5. The Morgan fingerprint density at radius 2 is 1.68 bits per heavy atom. The van der Waals surface area contributed by atoms with E-state index in [1.807, 2.05) is 58.0 Å². The maximum absolute atomic E-state index is 14.8. The quantitative estimate of drug-likeness (QED) is 0.115. The first-order chi connectivity index (χ1) is 32.9. The highest BCUT2D eigenvalue weighted by Crippen LogP contribution is 2.42. The lowest BCUT2D eigenvalue weighted by Crippen LogP contribution is -2.62. The number of nitrogens with one attached hydrogen (secondary N) is 2. The summed E-state index contributed by atoms with van der Waals surface area (Å²) in [5.74, 6) is -2.45. The second-order valence-corrected chi connectivity index (χ2v) is 20.4. The molecule has 2 aromatic carbocycles. The summed E-state index contributed by atoms with van der Waals surface area (Å²) in [6, 6.07) is 15.9. The number of aromatic nitrogens is 2. The van der Waals surface area contributed by atoms with Gasteiger partial charge in [0, 0.05) is 87.5 Å². The van der Waals surface area contributed by atoms with E-state index < -0.39 is 47.2 Å². The number of esters is 1. The molecule has 2 N–H and O–H groups in total. The predicted octanol–water partition coefficient (Wildman–Crippen LogP) is 6.76. The maximum Gasteiger partial charge on any atom is 0.324 e. The van der Waals surface area contributed by atoms with Gasteiger partial charge >= 0.3 is 5.97 Å². The molecular formula is C54H82N8O7S5. The van der Waals surface area contributed by atoms with Crippen molar-refractivity contribution in [1.29, 1.82) is 0 Å². The first-order valence-corrected chi connectivity index (χ1v) is 24.5. The number of amides is 4. The molecule has 0 aliphatic carbocycles. The van der Waals surface area contributed by atoms with Gasteiger partial charge in [0.15, 0.2) is 0 Å². The van der Waals surface area contributed by atoms with Crippen molar-refractivity contribution >= 4 is 108 Å². The highest BCUT2D eigenvalue weighted by molar-refractivity contribution is 7.60. The van der Waals surface area contributed by atoms with Crippen LogP contribution in [0.3, 0.4) is 0 Å². The fourth-order valence-electron chi connectivity index (χ4n) is 10.2. The number of methoxy groups -OCH3 is 1. The molecule has 0 radical (unpaired) electrons. The largest absolute Gasteiger partial charge is 0.464 e. The number of hydrogen-bond donors (Lipinski definition) is 2. The molecule has 5 atom stereocenters. The number of benzene rings is 2. The van der Waals surface area contributed by atoms with Gasteiger partial charge in [-0.05, 0) is 106 Å². The van der Waals surface area contributed by atoms with E-state index in [9.17, 15) is 24.0 Å². The maximum atomic E-state index is 14.8. The van der Waals surface area contributed by atoms with Gasteiger partial charge in [0.2, 0.25) is 17.7 Å². The lowest BCUT2D eigenvalue weighted by Gasteiger charge is -2.37. The standard InChI is InChI=1S/C54H72N8O7.5H2S/c1-11-61-45-22-21-38-30-41(45)42(49(61)40-18-13-24-55-47(40)35(4)68-10)31-54(5,6)33-69-53(67)43-19-14-26-62(57-43)52(66)44(29-36-16-12-17-37(38)28-36)56-50(64)48(34(2)3)59(9)51(65)39-23-27-60(32-39)46(63)20-15-25-58(7)8;;;;;/h12-13,15-18,20-22,24,28,30,34-35,39,43-44,48,57H,11,14,19,23,25-27,29,31-33H2,1-10H3,(H,56,64);5*1H2/b20-15+;;;;;/t35-,39-,43-,44-,48-;;;;;/m0...../s1. The second kappa shape index (κ2) is 28.8. The van der Waals surface area contributed by atoms with Crippen LogP contribution in [0, 0.1) is 17.3 Å². The van der Waals surface area contributed by atoms with E-state index in [-0.39, 0.29) is 111 Å². The minimum absolute atomic E-state index is 0. The van der Waals surface area contributed by atoms with Gasteiger partial charge in [-0.25, -0.2) is 5.43 Å². The van der Waals surface area contributed by atoms with Crippen molar-refractivity contribution in [1.82, 2.24) is 40.0 Å². The van der Waals surface area contributed by atoms with Crippen LogP contribution in [0.25, 0.3) is 33.3 Å². The summed E-state index contributed by atoms with van der Waals surface area (Å²) in [6.45, 7) is 14.6. The van der Waals surface area contributed by atoms with Gasteiger partial charge in [-0.2, -0.15) is 67.5 Å². The molecule has 2 aromatic heterocycles. The molecule has 6 bridgehead atoms. The van der Waals surface area contributed by atoms with E-state index in [0.717, 1.165) is 50.1 Å². The van der Waals surface area contributed by atoms with E-state index >= 15 is 0 Å². The molecule has 0 spiro atoms. The number of nitrogens with zero attached hydrogens (tertiary/aromatic N) is 6. The monoisotopic (exact) mass is 1110 g/mol. The third kappa shape index (κ3) is 15.1. The van der Waals surface area contributed by atoms with Gasteiger partial charge in [0.05, 0.1) is 30.0 Å². The molecule has 0 unspecified atom stereocenters. The molecule has 2 fully saturated rings. The first kappa shape index (κ1) is 66.0. The summed E-state index contributed by atoms with van der Waals surface area (Å²) in [4.78, 5) is 80.3. The zero-order chi connectivity index (χ0) is 49.7. The fourth-order valence-corrected chi connectivity index (χ4v) is 10.2. The first-order valence-electron chi connectivity index (χ1n) is 24.5. The highest BCUT2D eigenvalue weighted by Gasteiger charge is 2.40. The van der Waals surface area contributed by atoms with Crippen LogP contribution in [0.1, 0.15) is 83.7 Å². The normalized spacial score (nSPS) is 19.4. The number of cyclic esters (lactones) is 1. The molecule has 15 nitrogen and oxygen atoms in total. The number of rotatable bonds is 12. The smallest absolute Gasteiger partial charge is 0.324 e. The van der Waals surface area contributed by atoms with Crippen LogP contribution in [-0.2, 0) is 52.8 Å². The Kier molecular flexibility index (Phi) is 25.7. The van der Waals surface area contributed by atoms with Crippen LogP contribution in [0.5, 0.6) is 0 Å². The van der Waals surface area contributed by atoms with Crippen LogP contribution >= 0.6 is 67.5 Å². The summed E-state index contributed by atoms with van der Waals surface area (Å²) >= 11 is 0. The number of likely N-dealkylation sites (tertiary alicyclic amines) is 1. The number of fused-ring (bicyclic) bond motifs is 6. The predicted molar refractivity (Wildman–Crippen MR) is 319 cm³/mol. The Morgan fingerprint density at radius 1 is 0.959 bits per heavy atom. The van der Waals surface area contributed by atoms with Crippen LogP contribution in [-0.4, -0.2) is 138 Å². The van der Waals surface area contributed by atoms with E-state index in [4.69, 9.17) is 14.5 Å². The van der Waals surface area contributed by atoms with Crippen molar-refractivity contribution in [2.45, 2.75) is 104 Å². The molecule has 20 heteroatoms. The molecule has 2 saturated heterocycles. The Balaban J connectivity index is 0.00000375. The third-order valence-electron chi connectivity index (χ3n) is 13.9. The number of pyridine rings is 1. The number of aryl methyl sites for hydroxylation is 1. The molecule has 3 aliphatic heterocycles. The van der Waals surface area contributed by atoms with E-state index in [1.54, 1.807) is 37.4 Å². The van der Waals surface area contributed by atoms with E-state index in [2.05, 4.69) is 72.5 Å². The number of carbonyl (C=O) groups excluding carboxylic acids is 5. The van der Waals surface area contributed by atoms with Crippen LogP contribution in [0.4, 0.5) is 0 Å². The molecule has 3 aliphatic rings. The number of likely N-dealkylation sites (N-methyl/N-ethyl adjacent to an activating group) is 2.